The molecule has 2 fully saturated rings. The highest BCUT2D eigenvalue weighted by Crippen LogP contribution is 2.16. The monoisotopic (exact) mass is 540 g/mol. The number of nitrogens with one attached hydrogen (secondary N) is 1. The number of benzene rings is 1. The molecule has 31 heavy (non-hydrogen) atoms. The number of ether oxygens (including phenoxy) is 2. The summed E-state index contributed by atoms with van der Waals surface area (Å²) in [4.78, 5) is 21.5. The van der Waals surface area contributed by atoms with E-state index in [2.05, 4.69) is 23.1 Å². The Morgan fingerprint density at radius 3 is 2.58 bits per heavy atom. The van der Waals surface area contributed by atoms with Crippen LogP contribution in [0.2, 0.25) is 0 Å². The molecule has 2 saturated heterocycles. The van der Waals surface area contributed by atoms with Gasteiger partial charge in [-0.25, -0.2) is 0 Å². The maximum absolute atomic E-state index is 12.5. The number of terminal acetylenes is 1. The fourth-order valence-corrected chi connectivity index (χ4v) is 3.71. The largest absolute Gasteiger partial charge is 0.481 e. The molecule has 3 rings (SSSR count). The molecular weight excluding hydrogens is 507 g/mol. The van der Waals surface area contributed by atoms with Crippen molar-refractivity contribution in [1.29, 1.82) is 0 Å². The second kappa shape index (κ2) is 13.4. The van der Waals surface area contributed by atoms with Gasteiger partial charge in [0.15, 0.2) is 5.96 Å². The Hall–Kier alpha value is -1.99. The summed E-state index contributed by atoms with van der Waals surface area (Å²) in [5.74, 6) is 4.30. The van der Waals surface area contributed by atoms with E-state index in [-0.39, 0.29) is 42.6 Å². The van der Waals surface area contributed by atoms with Gasteiger partial charge in [-0.1, -0.05) is 18.1 Å². The summed E-state index contributed by atoms with van der Waals surface area (Å²) in [5, 5.41) is 3.38. The summed E-state index contributed by atoms with van der Waals surface area (Å²) in [6.45, 7) is 7.55. The fourth-order valence-electron chi connectivity index (χ4n) is 3.71. The van der Waals surface area contributed by atoms with E-state index in [0.717, 1.165) is 50.6 Å². The number of hydrogen-bond donors (Lipinski definition) is 1. The molecule has 2 aliphatic rings. The van der Waals surface area contributed by atoms with E-state index in [1.165, 1.54) is 5.56 Å². The van der Waals surface area contributed by atoms with E-state index in [9.17, 15) is 4.79 Å². The molecule has 0 bridgehead atoms. The summed E-state index contributed by atoms with van der Waals surface area (Å²) in [6.07, 6.45) is 7.65. The van der Waals surface area contributed by atoms with Gasteiger partial charge in [-0.15, -0.1) is 30.4 Å². The molecule has 0 aliphatic carbocycles. The lowest BCUT2D eigenvalue weighted by atomic mass is 10.1. The zero-order valence-corrected chi connectivity index (χ0v) is 20.5. The van der Waals surface area contributed by atoms with Gasteiger partial charge in [0.1, 0.15) is 18.5 Å². The van der Waals surface area contributed by atoms with Crippen LogP contribution in [0, 0.1) is 12.3 Å². The lowest BCUT2D eigenvalue weighted by Crippen LogP contribution is -2.55. The second-order valence-electron chi connectivity index (χ2n) is 7.44. The quantitative estimate of drug-likeness (QED) is 0.249. The van der Waals surface area contributed by atoms with Crippen LogP contribution in [-0.4, -0.2) is 80.3 Å². The minimum Gasteiger partial charge on any atom is -0.481 e. The highest BCUT2D eigenvalue weighted by Gasteiger charge is 2.30. The molecule has 1 aromatic carbocycles. The molecule has 2 aliphatic heterocycles. The first-order chi connectivity index (χ1) is 14.7. The van der Waals surface area contributed by atoms with Gasteiger partial charge >= 0.3 is 0 Å². The van der Waals surface area contributed by atoms with Gasteiger partial charge in [0, 0.05) is 45.9 Å². The standard InChI is InChI=1S/C23H32N4O3.HI/c1-3-17-29-20-9-7-19(8-10-20)11-12-25-23(24-4-2)27-15-13-26(14-16-27)22(28)21-6-5-18-30-21;/h1,7-10,21H,4-6,11-18H2,2H3,(H,24,25);1H. The van der Waals surface area contributed by atoms with Crippen LogP contribution < -0.4 is 10.1 Å². The Bertz CT molecular complexity index is 749. The number of carbonyl (C=O) groups excluding carboxylic acids is 1. The minimum atomic E-state index is -0.234. The Morgan fingerprint density at radius 2 is 1.97 bits per heavy atom. The lowest BCUT2D eigenvalue weighted by molar-refractivity contribution is -0.142. The van der Waals surface area contributed by atoms with Crippen LogP contribution in [0.3, 0.4) is 0 Å². The van der Waals surface area contributed by atoms with Crippen molar-refractivity contribution < 1.29 is 14.3 Å². The van der Waals surface area contributed by atoms with E-state index >= 15 is 0 Å². The molecule has 8 heteroatoms. The van der Waals surface area contributed by atoms with Gasteiger partial charge in [0.2, 0.25) is 0 Å². The maximum atomic E-state index is 12.5. The van der Waals surface area contributed by atoms with Crippen molar-refractivity contribution in [3.8, 4) is 18.1 Å². The minimum absolute atomic E-state index is 0. The van der Waals surface area contributed by atoms with Gasteiger partial charge < -0.3 is 24.6 Å². The molecule has 0 aromatic heterocycles. The van der Waals surface area contributed by atoms with E-state index in [1.54, 1.807) is 0 Å². The summed E-state index contributed by atoms with van der Waals surface area (Å²) in [6, 6.07) is 7.96. The number of aliphatic imine (C=N–C) groups is 1. The number of guanidine groups is 1. The summed E-state index contributed by atoms with van der Waals surface area (Å²) in [5.41, 5.74) is 1.20. The molecule has 0 radical (unpaired) electrons. The predicted octanol–water partition coefficient (Wildman–Crippen LogP) is 2.15. The average molecular weight is 540 g/mol. The van der Waals surface area contributed by atoms with Crippen molar-refractivity contribution in [2.75, 3.05) is 52.5 Å². The van der Waals surface area contributed by atoms with Crippen molar-refractivity contribution in [3.63, 3.8) is 0 Å². The lowest BCUT2D eigenvalue weighted by Gasteiger charge is -2.37. The maximum Gasteiger partial charge on any atom is 0.251 e. The number of hydrogen-bond acceptors (Lipinski definition) is 4. The van der Waals surface area contributed by atoms with Crippen LogP contribution in [0.4, 0.5) is 0 Å². The van der Waals surface area contributed by atoms with Crippen molar-refractivity contribution in [2.24, 2.45) is 4.99 Å². The first kappa shape index (κ1) is 25.3. The number of halogens is 1. The number of nitrogens with zero attached hydrogens (tertiary/aromatic N) is 3. The van der Waals surface area contributed by atoms with Crippen LogP contribution >= 0.6 is 24.0 Å². The van der Waals surface area contributed by atoms with E-state index in [1.807, 2.05) is 29.2 Å². The highest BCUT2D eigenvalue weighted by atomic mass is 127. The van der Waals surface area contributed by atoms with Crippen LogP contribution in [-0.2, 0) is 16.0 Å². The summed E-state index contributed by atoms with van der Waals surface area (Å²) < 4.78 is 11.0. The topological polar surface area (TPSA) is 66.4 Å². The van der Waals surface area contributed by atoms with Crippen molar-refractivity contribution in [3.05, 3.63) is 29.8 Å². The second-order valence-corrected chi connectivity index (χ2v) is 7.44. The van der Waals surface area contributed by atoms with Gasteiger partial charge in [-0.3, -0.25) is 9.79 Å². The van der Waals surface area contributed by atoms with Gasteiger partial charge in [-0.05, 0) is 43.9 Å². The zero-order valence-electron chi connectivity index (χ0n) is 18.2. The third-order valence-electron chi connectivity index (χ3n) is 5.34. The molecule has 1 amide bonds. The molecule has 0 spiro atoms. The normalized spacial score (nSPS) is 18.8. The van der Waals surface area contributed by atoms with Gasteiger partial charge in [0.25, 0.3) is 5.91 Å². The number of amides is 1. The van der Waals surface area contributed by atoms with E-state index in [4.69, 9.17) is 20.9 Å². The Morgan fingerprint density at radius 1 is 1.26 bits per heavy atom. The first-order valence-electron chi connectivity index (χ1n) is 10.8. The first-order valence-corrected chi connectivity index (χ1v) is 10.8. The molecule has 7 nitrogen and oxygen atoms in total. The van der Waals surface area contributed by atoms with Gasteiger partial charge in [0.05, 0.1) is 0 Å². The van der Waals surface area contributed by atoms with E-state index < -0.39 is 0 Å². The molecule has 2 heterocycles. The van der Waals surface area contributed by atoms with Crippen molar-refractivity contribution >= 4 is 35.8 Å². The Balaban J connectivity index is 0.00000341. The number of piperazine rings is 1. The number of rotatable bonds is 7. The van der Waals surface area contributed by atoms with Crippen LogP contribution in [0.25, 0.3) is 0 Å². The molecule has 1 atom stereocenters. The van der Waals surface area contributed by atoms with E-state index in [0.29, 0.717) is 26.2 Å². The third-order valence-corrected chi connectivity index (χ3v) is 5.34. The van der Waals surface area contributed by atoms with Gasteiger partial charge in [-0.2, -0.15) is 0 Å². The molecule has 170 valence electrons. The molecule has 1 unspecified atom stereocenters. The Kier molecular flexibility index (Phi) is 10.9. The summed E-state index contributed by atoms with van der Waals surface area (Å²) in [7, 11) is 0. The molecular formula is C23H33IN4O3. The zero-order chi connectivity index (χ0) is 21.2. The number of carbonyl (C=O) groups is 1. The smallest absolute Gasteiger partial charge is 0.251 e. The SMILES string of the molecule is C#CCOc1ccc(CCN=C(NCC)N2CCN(C(=O)C3CCCO3)CC2)cc1.I. The predicted molar refractivity (Wildman–Crippen MR) is 133 cm³/mol. The molecule has 0 saturated carbocycles. The average Bonchev–Trinajstić information content (AvgIpc) is 3.32. The van der Waals surface area contributed by atoms with Crippen molar-refractivity contribution in [2.45, 2.75) is 32.3 Å². The third kappa shape index (κ3) is 7.58. The van der Waals surface area contributed by atoms with Crippen LogP contribution in [0.5, 0.6) is 5.75 Å². The summed E-state index contributed by atoms with van der Waals surface area (Å²) >= 11 is 0. The fraction of sp³-hybridized carbons (Fsp3) is 0.565. The molecule has 1 aromatic rings. The van der Waals surface area contributed by atoms with Crippen LogP contribution in [0.1, 0.15) is 25.3 Å². The highest BCUT2D eigenvalue weighted by molar-refractivity contribution is 14.0. The molecule has 1 N–H and O–H groups in total. The Labute approximate surface area is 202 Å². The van der Waals surface area contributed by atoms with Crippen molar-refractivity contribution in [1.82, 2.24) is 15.1 Å². The van der Waals surface area contributed by atoms with Crippen LogP contribution in [0.15, 0.2) is 29.3 Å².